The molecule has 108 valence electrons. The molecule has 1 heterocycles. The highest BCUT2D eigenvalue weighted by Gasteiger charge is 2.32. The SMILES string of the molecule is Cc1ccc2c(c1)OCCN2C(=O)C1CCCC(N)C1. The van der Waals surface area contributed by atoms with Crippen LogP contribution >= 0.6 is 0 Å². The maximum atomic E-state index is 12.8. The van der Waals surface area contributed by atoms with Gasteiger partial charge in [0.25, 0.3) is 0 Å². The summed E-state index contributed by atoms with van der Waals surface area (Å²) in [7, 11) is 0. The molecule has 0 spiro atoms. The molecule has 2 N–H and O–H groups in total. The van der Waals surface area contributed by atoms with Crippen molar-refractivity contribution in [1.29, 1.82) is 0 Å². The lowest BCUT2D eigenvalue weighted by Gasteiger charge is -2.34. The average molecular weight is 274 g/mol. The second-order valence-corrected chi connectivity index (χ2v) is 5.93. The van der Waals surface area contributed by atoms with Crippen LogP contribution < -0.4 is 15.4 Å². The average Bonchev–Trinajstić information content (AvgIpc) is 2.45. The van der Waals surface area contributed by atoms with Crippen molar-refractivity contribution >= 4 is 11.6 Å². The molecule has 1 aliphatic carbocycles. The van der Waals surface area contributed by atoms with E-state index in [0.717, 1.165) is 42.7 Å². The first-order valence-corrected chi connectivity index (χ1v) is 7.45. The normalized spacial score (nSPS) is 25.8. The first kappa shape index (κ1) is 13.4. The summed E-state index contributed by atoms with van der Waals surface area (Å²) in [6, 6.07) is 6.20. The zero-order valence-electron chi connectivity index (χ0n) is 12.0. The third-order valence-corrected chi connectivity index (χ3v) is 4.31. The highest BCUT2D eigenvalue weighted by molar-refractivity contribution is 5.97. The van der Waals surface area contributed by atoms with E-state index in [0.29, 0.717) is 13.2 Å². The van der Waals surface area contributed by atoms with Gasteiger partial charge in [-0.15, -0.1) is 0 Å². The molecule has 0 radical (unpaired) electrons. The van der Waals surface area contributed by atoms with E-state index in [1.54, 1.807) is 0 Å². The van der Waals surface area contributed by atoms with Gasteiger partial charge in [-0.3, -0.25) is 4.79 Å². The van der Waals surface area contributed by atoms with Crippen molar-refractivity contribution in [2.45, 2.75) is 38.6 Å². The third-order valence-electron chi connectivity index (χ3n) is 4.31. The molecule has 0 saturated heterocycles. The summed E-state index contributed by atoms with van der Waals surface area (Å²) in [5.74, 6) is 1.12. The minimum atomic E-state index is 0.0750. The molecule has 2 aliphatic rings. The minimum absolute atomic E-state index is 0.0750. The zero-order valence-corrected chi connectivity index (χ0v) is 12.0. The van der Waals surface area contributed by atoms with Crippen molar-refractivity contribution in [3.63, 3.8) is 0 Å². The molecule has 1 fully saturated rings. The van der Waals surface area contributed by atoms with E-state index < -0.39 is 0 Å². The van der Waals surface area contributed by atoms with Crippen molar-refractivity contribution < 1.29 is 9.53 Å². The summed E-state index contributed by atoms with van der Waals surface area (Å²) in [6.45, 7) is 3.24. The van der Waals surface area contributed by atoms with Crippen molar-refractivity contribution in [3.8, 4) is 5.75 Å². The third kappa shape index (κ3) is 2.52. The number of nitrogens with two attached hydrogens (primary N) is 1. The van der Waals surface area contributed by atoms with Gasteiger partial charge in [-0.05, 0) is 43.9 Å². The number of fused-ring (bicyclic) bond motifs is 1. The van der Waals surface area contributed by atoms with E-state index in [-0.39, 0.29) is 17.9 Å². The summed E-state index contributed by atoms with van der Waals surface area (Å²) in [6.07, 6.45) is 3.88. The van der Waals surface area contributed by atoms with Gasteiger partial charge in [-0.25, -0.2) is 0 Å². The van der Waals surface area contributed by atoms with Crippen LogP contribution in [0.2, 0.25) is 0 Å². The van der Waals surface area contributed by atoms with Gasteiger partial charge in [0.15, 0.2) is 0 Å². The summed E-state index contributed by atoms with van der Waals surface area (Å²) >= 11 is 0. The largest absolute Gasteiger partial charge is 0.490 e. The van der Waals surface area contributed by atoms with Gasteiger partial charge in [-0.2, -0.15) is 0 Å². The topological polar surface area (TPSA) is 55.6 Å². The summed E-state index contributed by atoms with van der Waals surface area (Å²) in [5, 5.41) is 0. The maximum absolute atomic E-state index is 12.8. The number of nitrogens with zero attached hydrogens (tertiary/aromatic N) is 1. The molecule has 1 amide bonds. The van der Waals surface area contributed by atoms with Crippen LogP contribution in [-0.2, 0) is 4.79 Å². The molecule has 3 rings (SSSR count). The number of hydrogen-bond acceptors (Lipinski definition) is 3. The molecule has 0 aromatic heterocycles. The van der Waals surface area contributed by atoms with E-state index in [4.69, 9.17) is 10.5 Å². The van der Waals surface area contributed by atoms with Gasteiger partial charge in [0.2, 0.25) is 5.91 Å². The molecule has 20 heavy (non-hydrogen) atoms. The highest BCUT2D eigenvalue weighted by atomic mass is 16.5. The number of benzene rings is 1. The predicted molar refractivity (Wildman–Crippen MR) is 79.0 cm³/mol. The Morgan fingerprint density at radius 2 is 2.25 bits per heavy atom. The Bertz CT molecular complexity index is 515. The Kier molecular flexibility index (Phi) is 3.66. The van der Waals surface area contributed by atoms with Gasteiger partial charge in [-0.1, -0.05) is 12.5 Å². The zero-order chi connectivity index (χ0) is 14.1. The number of rotatable bonds is 1. The standard InChI is InChI=1S/C16H22N2O2/c1-11-5-6-14-15(9-11)20-8-7-18(14)16(19)12-3-2-4-13(17)10-12/h5-6,9,12-13H,2-4,7-8,10,17H2,1H3. The van der Waals surface area contributed by atoms with Crippen LogP contribution in [0, 0.1) is 12.8 Å². The maximum Gasteiger partial charge on any atom is 0.230 e. The Hall–Kier alpha value is -1.55. The minimum Gasteiger partial charge on any atom is -0.490 e. The number of aryl methyl sites for hydroxylation is 1. The molecule has 0 bridgehead atoms. The fourth-order valence-corrected chi connectivity index (χ4v) is 3.23. The Balaban J connectivity index is 1.83. The fourth-order valence-electron chi connectivity index (χ4n) is 3.23. The lowest BCUT2D eigenvalue weighted by molar-refractivity contribution is -0.123. The van der Waals surface area contributed by atoms with Crippen molar-refractivity contribution in [1.82, 2.24) is 0 Å². The van der Waals surface area contributed by atoms with Crippen molar-refractivity contribution in [2.75, 3.05) is 18.1 Å². The van der Waals surface area contributed by atoms with Gasteiger partial charge in [0, 0.05) is 12.0 Å². The van der Waals surface area contributed by atoms with Crippen molar-refractivity contribution in [2.24, 2.45) is 11.7 Å². The van der Waals surface area contributed by atoms with Gasteiger partial charge in [0.05, 0.1) is 12.2 Å². The molecule has 1 aromatic carbocycles. The van der Waals surface area contributed by atoms with Crippen LogP contribution in [0.4, 0.5) is 5.69 Å². The second kappa shape index (κ2) is 5.44. The summed E-state index contributed by atoms with van der Waals surface area (Å²) < 4.78 is 5.67. The molecule has 1 saturated carbocycles. The van der Waals surface area contributed by atoms with Crippen LogP contribution in [0.3, 0.4) is 0 Å². The van der Waals surface area contributed by atoms with Gasteiger partial charge < -0.3 is 15.4 Å². The van der Waals surface area contributed by atoms with E-state index in [1.165, 1.54) is 0 Å². The molecular weight excluding hydrogens is 252 g/mol. The molecule has 1 aliphatic heterocycles. The van der Waals surface area contributed by atoms with Crippen LogP contribution in [0.25, 0.3) is 0 Å². The van der Waals surface area contributed by atoms with Crippen LogP contribution in [-0.4, -0.2) is 25.1 Å². The van der Waals surface area contributed by atoms with E-state index in [1.807, 2.05) is 30.0 Å². The van der Waals surface area contributed by atoms with E-state index >= 15 is 0 Å². The summed E-state index contributed by atoms with van der Waals surface area (Å²) in [4.78, 5) is 14.7. The molecule has 1 aromatic rings. The first-order valence-electron chi connectivity index (χ1n) is 7.45. The molecule has 2 unspecified atom stereocenters. The second-order valence-electron chi connectivity index (χ2n) is 5.93. The van der Waals surface area contributed by atoms with Crippen LogP contribution in [0.15, 0.2) is 18.2 Å². The van der Waals surface area contributed by atoms with Crippen LogP contribution in [0.1, 0.15) is 31.2 Å². The molecule has 4 heteroatoms. The smallest absolute Gasteiger partial charge is 0.230 e. The Morgan fingerprint density at radius 3 is 3.05 bits per heavy atom. The van der Waals surface area contributed by atoms with Gasteiger partial charge in [0.1, 0.15) is 12.4 Å². The number of amides is 1. The number of anilines is 1. The van der Waals surface area contributed by atoms with E-state index in [9.17, 15) is 4.79 Å². The van der Waals surface area contributed by atoms with Gasteiger partial charge >= 0.3 is 0 Å². The number of ether oxygens (including phenoxy) is 1. The number of carbonyl (C=O) groups is 1. The quantitative estimate of drug-likeness (QED) is 0.854. The predicted octanol–water partition coefficient (Wildman–Crippen LogP) is 2.24. The molecule has 4 nitrogen and oxygen atoms in total. The molecular formula is C16H22N2O2. The first-order chi connectivity index (χ1) is 9.65. The highest BCUT2D eigenvalue weighted by Crippen LogP contribution is 2.35. The lowest BCUT2D eigenvalue weighted by atomic mass is 9.85. The monoisotopic (exact) mass is 274 g/mol. The van der Waals surface area contributed by atoms with Crippen LogP contribution in [0.5, 0.6) is 5.75 Å². The van der Waals surface area contributed by atoms with Crippen molar-refractivity contribution in [3.05, 3.63) is 23.8 Å². The lowest BCUT2D eigenvalue weighted by Crippen LogP contribution is -2.44. The number of hydrogen-bond donors (Lipinski definition) is 1. The van der Waals surface area contributed by atoms with E-state index in [2.05, 4.69) is 0 Å². The Morgan fingerprint density at radius 1 is 1.40 bits per heavy atom. The molecule has 2 atom stereocenters. The Labute approximate surface area is 119 Å². The summed E-state index contributed by atoms with van der Waals surface area (Å²) in [5.41, 5.74) is 8.07. The fraction of sp³-hybridized carbons (Fsp3) is 0.562. The number of carbonyl (C=O) groups excluding carboxylic acids is 1.